The van der Waals surface area contributed by atoms with Gasteiger partial charge in [-0.15, -0.1) is 0 Å². The molecule has 0 unspecified atom stereocenters. The van der Waals surface area contributed by atoms with Gasteiger partial charge in [0.1, 0.15) is 0 Å². The van der Waals surface area contributed by atoms with Gasteiger partial charge in [-0.05, 0) is 26.2 Å². The molecule has 0 saturated carbocycles. The molecular weight excluding hydrogens is 136 g/mol. The molecule has 0 amide bonds. The molecule has 0 aromatic rings. The predicted molar refractivity (Wildman–Crippen MR) is 49.8 cm³/mol. The van der Waals surface area contributed by atoms with Crippen molar-refractivity contribution in [3.05, 3.63) is 0 Å². The van der Waals surface area contributed by atoms with Gasteiger partial charge in [-0.1, -0.05) is 27.2 Å². The van der Waals surface area contributed by atoms with Gasteiger partial charge in [-0.2, -0.15) is 0 Å². The fourth-order valence-electron chi connectivity index (χ4n) is 1.07. The van der Waals surface area contributed by atoms with Crippen LogP contribution in [0.4, 0.5) is 0 Å². The van der Waals surface area contributed by atoms with E-state index in [1.807, 2.05) is 0 Å². The smallest absolute Gasteiger partial charge is 0.0626 e. The topological polar surface area (TPSA) is 9.23 Å². The van der Waals surface area contributed by atoms with Gasteiger partial charge in [0.15, 0.2) is 0 Å². The molecule has 0 heterocycles. The molecule has 1 heteroatoms. The summed E-state index contributed by atoms with van der Waals surface area (Å²) in [6.45, 7) is 11.8. The van der Waals surface area contributed by atoms with Gasteiger partial charge in [0, 0.05) is 6.61 Å². The van der Waals surface area contributed by atoms with E-state index in [-0.39, 0.29) is 5.60 Å². The van der Waals surface area contributed by atoms with E-state index < -0.39 is 0 Å². The van der Waals surface area contributed by atoms with Crippen LogP contribution in [0.5, 0.6) is 0 Å². The largest absolute Gasteiger partial charge is 0.375 e. The second kappa shape index (κ2) is 4.76. The highest BCUT2D eigenvalue weighted by Gasteiger charge is 2.16. The molecule has 0 fully saturated rings. The Hall–Kier alpha value is -0.0400. The Morgan fingerprint density at radius 1 is 1.27 bits per heavy atom. The van der Waals surface area contributed by atoms with Crippen molar-refractivity contribution in [3.8, 4) is 0 Å². The predicted octanol–water partition coefficient (Wildman–Crippen LogP) is 3.24. The van der Waals surface area contributed by atoms with Crippen LogP contribution in [-0.2, 0) is 4.74 Å². The second-order valence-corrected chi connectivity index (χ2v) is 4.21. The first-order valence-corrected chi connectivity index (χ1v) is 4.62. The first-order chi connectivity index (χ1) is 4.98. The lowest BCUT2D eigenvalue weighted by Gasteiger charge is -2.25. The first kappa shape index (κ1) is 11.0. The molecule has 11 heavy (non-hydrogen) atoms. The Kier molecular flexibility index (Phi) is 4.74. The van der Waals surface area contributed by atoms with Crippen LogP contribution in [0, 0.1) is 5.92 Å². The molecule has 0 aromatic carbocycles. The van der Waals surface area contributed by atoms with E-state index >= 15 is 0 Å². The molecule has 0 saturated heterocycles. The highest BCUT2D eigenvalue weighted by Crippen LogP contribution is 2.17. The summed E-state index contributed by atoms with van der Waals surface area (Å²) in [7, 11) is 0. The SMILES string of the molecule is CCCC(C)(C)OCC(C)C. The summed E-state index contributed by atoms with van der Waals surface area (Å²) >= 11 is 0. The molecule has 0 bridgehead atoms. The second-order valence-electron chi connectivity index (χ2n) is 4.21. The van der Waals surface area contributed by atoms with E-state index in [1.165, 1.54) is 6.42 Å². The van der Waals surface area contributed by atoms with Crippen LogP contribution < -0.4 is 0 Å². The third-order valence-corrected chi connectivity index (χ3v) is 1.66. The molecule has 0 radical (unpaired) electrons. The maximum absolute atomic E-state index is 5.73. The van der Waals surface area contributed by atoms with E-state index in [2.05, 4.69) is 34.6 Å². The molecule has 0 atom stereocenters. The minimum absolute atomic E-state index is 0.0824. The first-order valence-electron chi connectivity index (χ1n) is 4.62. The standard InChI is InChI=1S/C10H22O/c1-6-7-10(4,5)11-8-9(2)3/h9H,6-8H2,1-5H3. The van der Waals surface area contributed by atoms with Crippen molar-refractivity contribution in [3.63, 3.8) is 0 Å². The van der Waals surface area contributed by atoms with E-state index in [9.17, 15) is 0 Å². The van der Waals surface area contributed by atoms with Crippen molar-refractivity contribution in [2.24, 2.45) is 5.92 Å². The number of hydrogen-bond acceptors (Lipinski definition) is 1. The Bertz CT molecular complexity index is 95.0. The molecule has 0 aliphatic carbocycles. The fourth-order valence-corrected chi connectivity index (χ4v) is 1.07. The van der Waals surface area contributed by atoms with Crippen molar-refractivity contribution in [2.45, 2.75) is 53.1 Å². The maximum Gasteiger partial charge on any atom is 0.0626 e. The average molecular weight is 158 g/mol. The van der Waals surface area contributed by atoms with Crippen LogP contribution in [0.3, 0.4) is 0 Å². The van der Waals surface area contributed by atoms with Crippen molar-refractivity contribution >= 4 is 0 Å². The minimum atomic E-state index is 0.0824. The summed E-state index contributed by atoms with van der Waals surface area (Å²) in [6.07, 6.45) is 2.35. The Morgan fingerprint density at radius 3 is 2.18 bits per heavy atom. The quantitative estimate of drug-likeness (QED) is 0.597. The van der Waals surface area contributed by atoms with Crippen molar-refractivity contribution in [1.82, 2.24) is 0 Å². The Labute approximate surface area is 71.1 Å². The maximum atomic E-state index is 5.73. The average Bonchev–Trinajstić information content (AvgIpc) is 1.84. The molecule has 0 N–H and O–H groups in total. The van der Waals surface area contributed by atoms with Gasteiger partial charge in [0.2, 0.25) is 0 Å². The van der Waals surface area contributed by atoms with E-state index in [0.717, 1.165) is 13.0 Å². The molecule has 0 aromatic heterocycles. The van der Waals surface area contributed by atoms with Crippen molar-refractivity contribution < 1.29 is 4.74 Å². The van der Waals surface area contributed by atoms with Crippen LogP contribution in [0.25, 0.3) is 0 Å². The Morgan fingerprint density at radius 2 is 1.82 bits per heavy atom. The lowest BCUT2D eigenvalue weighted by molar-refractivity contribution is -0.0362. The van der Waals surface area contributed by atoms with Gasteiger partial charge in [0.05, 0.1) is 5.60 Å². The van der Waals surface area contributed by atoms with E-state index in [1.54, 1.807) is 0 Å². The van der Waals surface area contributed by atoms with Gasteiger partial charge in [-0.25, -0.2) is 0 Å². The monoisotopic (exact) mass is 158 g/mol. The highest BCUT2D eigenvalue weighted by atomic mass is 16.5. The van der Waals surface area contributed by atoms with Crippen LogP contribution >= 0.6 is 0 Å². The zero-order valence-corrected chi connectivity index (χ0v) is 8.61. The molecule has 68 valence electrons. The zero-order valence-electron chi connectivity index (χ0n) is 8.61. The highest BCUT2D eigenvalue weighted by molar-refractivity contribution is 4.67. The van der Waals surface area contributed by atoms with Crippen molar-refractivity contribution in [2.75, 3.05) is 6.61 Å². The van der Waals surface area contributed by atoms with E-state index in [4.69, 9.17) is 4.74 Å². The van der Waals surface area contributed by atoms with Gasteiger partial charge >= 0.3 is 0 Å². The normalized spacial score (nSPS) is 12.5. The lowest BCUT2D eigenvalue weighted by Crippen LogP contribution is -2.26. The third-order valence-electron chi connectivity index (χ3n) is 1.66. The summed E-state index contributed by atoms with van der Waals surface area (Å²) in [5.74, 6) is 0.645. The zero-order chi connectivity index (χ0) is 8.91. The lowest BCUT2D eigenvalue weighted by atomic mass is 10.0. The van der Waals surface area contributed by atoms with E-state index in [0.29, 0.717) is 5.92 Å². The van der Waals surface area contributed by atoms with Crippen LogP contribution in [-0.4, -0.2) is 12.2 Å². The summed E-state index contributed by atoms with van der Waals surface area (Å²) in [4.78, 5) is 0. The fraction of sp³-hybridized carbons (Fsp3) is 1.00. The molecular formula is C10H22O. The van der Waals surface area contributed by atoms with Crippen LogP contribution in [0.2, 0.25) is 0 Å². The van der Waals surface area contributed by atoms with Gasteiger partial charge in [0.25, 0.3) is 0 Å². The van der Waals surface area contributed by atoms with Gasteiger partial charge < -0.3 is 4.74 Å². The molecule has 1 nitrogen and oxygen atoms in total. The summed E-state index contributed by atoms with van der Waals surface area (Å²) in [5, 5.41) is 0. The van der Waals surface area contributed by atoms with Crippen molar-refractivity contribution in [1.29, 1.82) is 0 Å². The molecule has 0 aliphatic heterocycles. The number of ether oxygens (including phenoxy) is 1. The summed E-state index contributed by atoms with van der Waals surface area (Å²) in [5.41, 5.74) is 0.0824. The van der Waals surface area contributed by atoms with Crippen LogP contribution in [0.1, 0.15) is 47.5 Å². The molecule has 0 aliphatic rings. The Balaban J connectivity index is 3.54. The molecule has 0 rings (SSSR count). The van der Waals surface area contributed by atoms with Gasteiger partial charge in [-0.3, -0.25) is 0 Å². The van der Waals surface area contributed by atoms with Crippen LogP contribution in [0.15, 0.2) is 0 Å². The summed E-state index contributed by atoms with van der Waals surface area (Å²) in [6, 6.07) is 0. The molecule has 0 spiro atoms. The minimum Gasteiger partial charge on any atom is -0.375 e. The summed E-state index contributed by atoms with van der Waals surface area (Å²) < 4.78 is 5.73. The number of hydrogen-bond donors (Lipinski definition) is 0. The third kappa shape index (κ3) is 6.36. The number of rotatable bonds is 5.